The van der Waals surface area contributed by atoms with Crippen molar-refractivity contribution in [2.24, 2.45) is 0 Å². The molecular weight excluding hydrogens is 1020 g/mol. The van der Waals surface area contributed by atoms with E-state index in [1.807, 2.05) is 0 Å². The Bertz CT molecular complexity index is 2120. The minimum Gasteiger partial charge on any atom is -0.413 e. The van der Waals surface area contributed by atoms with E-state index in [2.05, 4.69) is 36.4 Å². The molecule has 0 saturated heterocycles. The quantitative estimate of drug-likeness (QED) is 0.0969. The Morgan fingerprint density at radius 1 is 0.586 bits per heavy atom. The third-order valence-corrected chi connectivity index (χ3v) is 7.42. The van der Waals surface area contributed by atoms with Crippen LogP contribution in [0.3, 0.4) is 0 Å². The Labute approximate surface area is 324 Å². The number of nitrogens with zero attached hydrogens (tertiary/aromatic N) is 7. The van der Waals surface area contributed by atoms with Crippen molar-refractivity contribution in [3.63, 3.8) is 0 Å². The molecule has 0 aliphatic heterocycles. The summed E-state index contributed by atoms with van der Waals surface area (Å²) in [5, 5.41) is 12.0. The van der Waals surface area contributed by atoms with Gasteiger partial charge in [0.15, 0.2) is 0 Å². The van der Waals surface area contributed by atoms with Gasteiger partial charge in [-0.2, -0.15) is 88.5 Å². The maximum absolute atomic E-state index is 15.1. The second-order valence-corrected chi connectivity index (χ2v) is 11.4. The molecular formula is C31H16F19IrN7-2. The van der Waals surface area contributed by atoms with Gasteiger partial charge in [0, 0.05) is 38.9 Å². The molecule has 0 bridgehead atoms. The smallest absolute Gasteiger partial charge is 0.413 e. The molecule has 5 rings (SSSR count). The summed E-state index contributed by atoms with van der Waals surface area (Å²) in [4.78, 5) is 7.05. The average Bonchev–Trinajstić information content (AvgIpc) is 3.82. The molecule has 7 nitrogen and oxygen atoms in total. The molecule has 0 spiro atoms. The van der Waals surface area contributed by atoms with E-state index in [0.717, 1.165) is 36.4 Å². The van der Waals surface area contributed by atoms with Gasteiger partial charge in [-0.15, -0.1) is 41.0 Å². The summed E-state index contributed by atoms with van der Waals surface area (Å²) >= 11 is 0. The Hall–Kier alpha value is -4.81. The minimum atomic E-state index is -8.53. The third-order valence-electron chi connectivity index (χ3n) is 7.42. The van der Waals surface area contributed by atoms with Crippen molar-refractivity contribution in [2.45, 2.75) is 60.5 Å². The fourth-order valence-electron chi connectivity index (χ4n) is 4.38. The first-order valence-corrected chi connectivity index (χ1v) is 14.8. The molecule has 3 heterocycles. The zero-order valence-corrected chi connectivity index (χ0v) is 30.0. The molecule has 0 unspecified atom stereocenters. The van der Waals surface area contributed by atoms with Gasteiger partial charge in [0.2, 0.25) is 5.82 Å². The summed E-state index contributed by atoms with van der Waals surface area (Å²) < 4.78 is 261. The van der Waals surface area contributed by atoms with E-state index < -0.39 is 83.6 Å². The van der Waals surface area contributed by atoms with E-state index in [1.54, 1.807) is 12.1 Å². The van der Waals surface area contributed by atoms with Gasteiger partial charge in [0.25, 0.3) is 0 Å². The van der Waals surface area contributed by atoms with Crippen LogP contribution in [0.25, 0.3) is 28.6 Å². The fraction of sp³-hybridized carbons (Fsp3) is 0.323. The second kappa shape index (κ2) is 15.7. The molecule has 2 aromatic carbocycles. The maximum Gasteiger partial charge on any atom is 0.429 e. The van der Waals surface area contributed by atoms with Crippen molar-refractivity contribution >= 4 is 0 Å². The summed E-state index contributed by atoms with van der Waals surface area (Å²) in [7, 11) is 0. The van der Waals surface area contributed by atoms with Crippen molar-refractivity contribution in [1.29, 1.82) is 0 Å². The van der Waals surface area contributed by atoms with E-state index in [9.17, 15) is 74.6 Å². The number of benzene rings is 2. The van der Waals surface area contributed by atoms with Gasteiger partial charge in [-0.3, -0.25) is 10.1 Å². The van der Waals surface area contributed by atoms with Gasteiger partial charge < -0.3 is 14.6 Å². The number of alkyl halides is 19. The predicted octanol–water partition coefficient (Wildman–Crippen LogP) is 9.81. The number of para-hydroxylation sites is 1. The number of halogens is 19. The van der Waals surface area contributed by atoms with Crippen molar-refractivity contribution in [3.8, 4) is 28.6 Å². The molecule has 0 saturated carbocycles. The van der Waals surface area contributed by atoms with Crippen LogP contribution in [0.2, 0.25) is 0 Å². The van der Waals surface area contributed by atoms with Crippen LogP contribution in [0.15, 0.2) is 79.0 Å². The Morgan fingerprint density at radius 2 is 1.10 bits per heavy atom. The standard InChI is InChI=1S/C23H12F16N3.C8H4F3N4.Ir/c1-16(24,25)18(28,29)20(32,33)22(36,37)23(38,39)21(34,35)19(30,31)17(26,27)15-41-40-14(12-8-4-2-5-9-12)42(15)13-10-6-3-7-11-13;9-8(10,11)7-13-6(14-15-7)5-3-1-2-4-12-5;/h2-8,10-11H,1H3;1-4H;/q2*-1;. The number of pyridine rings is 1. The Kier molecular flexibility index (Phi) is 12.9. The molecule has 319 valence electrons. The molecule has 0 aliphatic rings. The SMILES string of the molecule is CC(F)(F)C(F)(F)C(F)(F)C(F)(F)C(F)(F)C(F)(F)C(F)(F)C(F)(F)c1nnc(-c2[c-]cccc2)n1-c1ccccc1.FC(F)(F)c1n[n-]c(-c2ccccn2)n1.[Ir]. The average molecular weight is 1040 g/mol. The summed E-state index contributed by atoms with van der Waals surface area (Å²) in [6, 6.07) is 17.0. The first-order valence-electron chi connectivity index (χ1n) is 14.8. The molecule has 58 heavy (non-hydrogen) atoms. The summed E-state index contributed by atoms with van der Waals surface area (Å²) in [5.41, 5.74) is -0.706. The number of rotatable bonds is 11. The predicted molar refractivity (Wildman–Crippen MR) is 153 cm³/mol. The molecule has 0 amide bonds. The van der Waals surface area contributed by atoms with Crippen LogP contribution in [-0.2, 0) is 32.2 Å². The van der Waals surface area contributed by atoms with E-state index in [1.165, 1.54) is 30.5 Å². The van der Waals surface area contributed by atoms with Gasteiger partial charge in [-0.1, -0.05) is 24.3 Å². The van der Waals surface area contributed by atoms with E-state index in [-0.39, 0.29) is 41.8 Å². The van der Waals surface area contributed by atoms with Crippen LogP contribution in [0, 0.1) is 6.07 Å². The summed E-state index contributed by atoms with van der Waals surface area (Å²) in [5.74, 6) is -67.0. The van der Waals surface area contributed by atoms with Gasteiger partial charge >= 0.3 is 53.6 Å². The van der Waals surface area contributed by atoms with Crippen LogP contribution >= 0.6 is 0 Å². The minimum absolute atomic E-state index is 0. The Morgan fingerprint density at radius 3 is 1.57 bits per heavy atom. The maximum atomic E-state index is 15.1. The Balaban J connectivity index is 0.000000468. The molecule has 0 N–H and O–H groups in total. The van der Waals surface area contributed by atoms with Crippen molar-refractivity contribution in [2.75, 3.05) is 0 Å². The van der Waals surface area contributed by atoms with Gasteiger partial charge in [-0.25, -0.2) is 0 Å². The third kappa shape index (κ3) is 7.85. The zero-order chi connectivity index (χ0) is 43.3. The van der Waals surface area contributed by atoms with Gasteiger partial charge in [-0.05, 0) is 30.1 Å². The van der Waals surface area contributed by atoms with E-state index in [4.69, 9.17) is 0 Å². The van der Waals surface area contributed by atoms with Crippen molar-refractivity contribution < 1.29 is 104 Å². The number of hydrogen-bond donors (Lipinski definition) is 0. The monoisotopic (exact) mass is 1040 g/mol. The fourth-order valence-corrected chi connectivity index (χ4v) is 4.38. The van der Waals surface area contributed by atoms with Crippen molar-refractivity contribution in [1.82, 2.24) is 34.9 Å². The molecule has 3 aromatic heterocycles. The largest absolute Gasteiger partial charge is 0.429 e. The summed E-state index contributed by atoms with van der Waals surface area (Å²) in [6.07, 6.45) is -3.13. The first-order chi connectivity index (χ1) is 25.9. The molecule has 0 fully saturated rings. The molecule has 1 radical (unpaired) electrons. The summed E-state index contributed by atoms with van der Waals surface area (Å²) in [6.45, 7) is -1.20. The second-order valence-electron chi connectivity index (χ2n) is 11.4. The topological polar surface area (TPSA) is 83.5 Å². The van der Waals surface area contributed by atoms with Crippen LogP contribution in [0.1, 0.15) is 18.6 Å². The van der Waals surface area contributed by atoms with E-state index >= 15 is 8.78 Å². The zero-order valence-electron chi connectivity index (χ0n) is 27.7. The van der Waals surface area contributed by atoms with Gasteiger partial charge in [0.05, 0.1) is 11.5 Å². The van der Waals surface area contributed by atoms with Crippen LogP contribution in [0.4, 0.5) is 83.4 Å². The van der Waals surface area contributed by atoms with Crippen molar-refractivity contribution in [3.05, 3.63) is 96.7 Å². The van der Waals surface area contributed by atoms with Gasteiger partial charge in [0.1, 0.15) is 5.82 Å². The molecule has 5 aromatic rings. The normalized spacial score (nSPS) is 13.7. The molecule has 27 heteroatoms. The first kappa shape index (κ1) is 47.6. The molecule has 0 atom stereocenters. The van der Waals surface area contributed by atoms with E-state index in [0.29, 0.717) is 0 Å². The molecule has 0 aliphatic carbocycles. The van der Waals surface area contributed by atoms with Crippen LogP contribution in [-0.4, -0.2) is 71.3 Å². The number of hydrogen-bond acceptors (Lipinski definition) is 5. The van der Waals surface area contributed by atoms with Crippen LogP contribution < -0.4 is 5.10 Å². The van der Waals surface area contributed by atoms with Crippen LogP contribution in [0.5, 0.6) is 0 Å². The number of aromatic nitrogens is 7.